The van der Waals surface area contributed by atoms with E-state index in [0.717, 1.165) is 20.3 Å². The van der Waals surface area contributed by atoms with Crippen molar-refractivity contribution in [3.8, 4) is 11.5 Å². The molecular formula is C13H9ClFNO5. The van der Waals surface area contributed by atoms with E-state index in [1.165, 1.54) is 12.1 Å². The van der Waals surface area contributed by atoms with Crippen molar-refractivity contribution in [2.45, 2.75) is 0 Å². The van der Waals surface area contributed by atoms with Crippen LogP contribution in [0, 0.1) is 5.82 Å². The van der Waals surface area contributed by atoms with Gasteiger partial charge >= 0.3 is 11.9 Å². The molecule has 8 heteroatoms. The number of aromatic nitrogens is 1. The van der Waals surface area contributed by atoms with E-state index in [-0.39, 0.29) is 22.2 Å². The van der Waals surface area contributed by atoms with Gasteiger partial charge in [0.05, 0.1) is 19.2 Å². The molecule has 0 N–H and O–H groups in total. The maximum atomic E-state index is 13.4. The summed E-state index contributed by atoms with van der Waals surface area (Å²) in [5, 5.41) is -0.0771. The first-order chi connectivity index (χ1) is 9.97. The highest BCUT2D eigenvalue weighted by Gasteiger charge is 2.27. The molecule has 0 spiro atoms. The number of oxazole rings is 1. The molecule has 0 fully saturated rings. The van der Waals surface area contributed by atoms with E-state index in [0.29, 0.717) is 0 Å². The maximum absolute atomic E-state index is 13.4. The predicted molar refractivity (Wildman–Crippen MR) is 69.6 cm³/mol. The summed E-state index contributed by atoms with van der Waals surface area (Å²) >= 11 is 5.58. The van der Waals surface area contributed by atoms with Gasteiger partial charge < -0.3 is 13.9 Å². The monoisotopic (exact) mass is 313 g/mol. The number of rotatable bonds is 3. The van der Waals surface area contributed by atoms with Crippen LogP contribution in [0.3, 0.4) is 0 Å². The molecule has 0 atom stereocenters. The number of hydrogen-bond donors (Lipinski definition) is 0. The molecule has 0 aliphatic heterocycles. The standard InChI is InChI=1S/C13H9ClFNO5/c1-19-12(17)9-10(13(18)20-2)21-11(16-9)6-3-4-7(14)8(15)5-6/h3-5H,1-2H3. The highest BCUT2D eigenvalue weighted by molar-refractivity contribution is 6.30. The van der Waals surface area contributed by atoms with E-state index in [2.05, 4.69) is 14.5 Å². The van der Waals surface area contributed by atoms with Crippen molar-refractivity contribution < 1.29 is 27.9 Å². The lowest BCUT2D eigenvalue weighted by atomic mass is 10.2. The zero-order valence-electron chi connectivity index (χ0n) is 11.0. The van der Waals surface area contributed by atoms with Crippen molar-refractivity contribution in [1.82, 2.24) is 4.98 Å². The van der Waals surface area contributed by atoms with Gasteiger partial charge in [-0.25, -0.2) is 19.0 Å². The average molecular weight is 314 g/mol. The zero-order valence-corrected chi connectivity index (χ0v) is 11.7. The van der Waals surface area contributed by atoms with Gasteiger partial charge in [-0.05, 0) is 18.2 Å². The van der Waals surface area contributed by atoms with Crippen LogP contribution in [0.15, 0.2) is 22.6 Å². The molecule has 2 aromatic rings. The van der Waals surface area contributed by atoms with Gasteiger partial charge in [0.15, 0.2) is 0 Å². The fourth-order valence-corrected chi connectivity index (χ4v) is 1.66. The van der Waals surface area contributed by atoms with Gasteiger partial charge in [0.1, 0.15) is 5.82 Å². The Labute approximate surface area is 123 Å². The van der Waals surface area contributed by atoms with Gasteiger partial charge in [-0.1, -0.05) is 11.6 Å². The minimum absolute atomic E-state index is 0.0771. The molecular weight excluding hydrogens is 305 g/mol. The number of hydrogen-bond acceptors (Lipinski definition) is 6. The highest BCUT2D eigenvalue weighted by atomic mass is 35.5. The number of carbonyl (C=O) groups is 2. The molecule has 0 aliphatic rings. The van der Waals surface area contributed by atoms with Crippen LogP contribution in [0.1, 0.15) is 21.0 Å². The van der Waals surface area contributed by atoms with Crippen molar-refractivity contribution in [3.63, 3.8) is 0 Å². The molecule has 0 unspecified atom stereocenters. The van der Waals surface area contributed by atoms with Crippen LogP contribution in [0.25, 0.3) is 11.5 Å². The lowest BCUT2D eigenvalue weighted by Crippen LogP contribution is -2.10. The lowest BCUT2D eigenvalue weighted by Gasteiger charge is -1.97. The predicted octanol–water partition coefficient (Wildman–Crippen LogP) is 2.71. The van der Waals surface area contributed by atoms with Crippen LogP contribution in [0.4, 0.5) is 4.39 Å². The average Bonchev–Trinajstić information content (AvgIpc) is 2.93. The third-order valence-electron chi connectivity index (χ3n) is 2.54. The number of esters is 2. The zero-order chi connectivity index (χ0) is 15.6. The Bertz CT molecular complexity index is 679. The minimum atomic E-state index is -0.899. The fraction of sp³-hybridized carbons (Fsp3) is 0.154. The summed E-state index contributed by atoms with van der Waals surface area (Å²) < 4.78 is 27.6. The largest absolute Gasteiger partial charge is 0.464 e. The summed E-state index contributed by atoms with van der Waals surface area (Å²) in [6, 6.07) is 3.79. The first kappa shape index (κ1) is 15.0. The van der Waals surface area contributed by atoms with Gasteiger partial charge in [-0.3, -0.25) is 0 Å². The molecule has 1 aromatic heterocycles. The fourth-order valence-electron chi connectivity index (χ4n) is 1.54. The molecule has 1 aromatic carbocycles. The van der Waals surface area contributed by atoms with Gasteiger partial charge in [-0.2, -0.15) is 0 Å². The Morgan fingerprint density at radius 3 is 2.48 bits per heavy atom. The lowest BCUT2D eigenvalue weighted by molar-refractivity contribution is 0.0527. The second kappa shape index (κ2) is 5.92. The highest BCUT2D eigenvalue weighted by Crippen LogP contribution is 2.26. The number of nitrogens with zero attached hydrogens (tertiary/aromatic N) is 1. The van der Waals surface area contributed by atoms with E-state index in [4.69, 9.17) is 16.0 Å². The summed E-state index contributed by atoms with van der Waals surface area (Å²) in [5.74, 6) is -3.02. The van der Waals surface area contributed by atoms with Crippen LogP contribution >= 0.6 is 11.6 Å². The number of carbonyl (C=O) groups excluding carboxylic acids is 2. The Hall–Kier alpha value is -2.41. The third kappa shape index (κ3) is 2.87. The number of methoxy groups -OCH3 is 2. The molecule has 0 radical (unpaired) electrons. The Morgan fingerprint density at radius 2 is 1.90 bits per heavy atom. The smallest absolute Gasteiger partial charge is 0.376 e. The molecule has 6 nitrogen and oxygen atoms in total. The SMILES string of the molecule is COC(=O)c1nc(-c2ccc(Cl)c(F)c2)oc1C(=O)OC. The molecule has 0 amide bonds. The molecule has 2 rings (SSSR count). The summed E-state index contributed by atoms with van der Waals surface area (Å²) in [5.41, 5.74) is -0.146. The van der Waals surface area contributed by atoms with E-state index >= 15 is 0 Å². The van der Waals surface area contributed by atoms with Gasteiger partial charge in [-0.15, -0.1) is 0 Å². The summed E-state index contributed by atoms with van der Waals surface area (Å²) in [6.45, 7) is 0. The van der Waals surface area contributed by atoms with E-state index in [1.807, 2.05) is 0 Å². The summed E-state index contributed by atoms with van der Waals surface area (Å²) in [4.78, 5) is 27.0. The van der Waals surface area contributed by atoms with Crippen LogP contribution in [-0.4, -0.2) is 31.1 Å². The quantitative estimate of drug-likeness (QED) is 0.811. The topological polar surface area (TPSA) is 78.6 Å². The van der Waals surface area contributed by atoms with E-state index in [1.54, 1.807) is 0 Å². The second-order valence-electron chi connectivity index (χ2n) is 3.81. The van der Waals surface area contributed by atoms with Crippen LogP contribution < -0.4 is 0 Å². The number of benzene rings is 1. The van der Waals surface area contributed by atoms with Crippen molar-refractivity contribution in [1.29, 1.82) is 0 Å². The first-order valence-corrected chi connectivity index (χ1v) is 5.98. The number of ether oxygens (including phenoxy) is 2. The minimum Gasteiger partial charge on any atom is -0.464 e. The maximum Gasteiger partial charge on any atom is 0.376 e. The Morgan fingerprint density at radius 1 is 1.24 bits per heavy atom. The Kier molecular flexibility index (Phi) is 4.23. The van der Waals surface area contributed by atoms with Gasteiger partial charge in [0.2, 0.25) is 17.3 Å². The normalized spacial score (nSPS) is 10.3. The molecule has 0 saturated heterocycles. The Balaban J connectivity index is 2.55. The molecule has 110 valence electrons. The summed E-state index contributed by atoms with van der Waals surface area (Å²) in [7, 11) is 2.24. The van der Waals surface area contributed by atoms with E-state index in [9.17, 15) is 14.0 Å². The van der Waals surface area contributed by atoms with E-state index < -0.39 is 23.5 Å². The van der Waals surface area contributed by atoms with Gasteiger partial charge in [0, 0.05) is 5.56 Å². The first-order valence-electron chi connectivity index (χ1n) is 5.60. The number of halogens is 2. The molecule has 0 aliphatic carbocycles. The van der Waals surface area contributed by atoms with Crippen molar-refractivity contribution >= 4 is 23.5 Å². The van der Waals surface area contributed by atoms with Crippen molar-refractivity contribution in [3.05, 3.63) is 40.5 Å². The van der Waals surface area contributed by atoms with Crippen LogP contribution in [0.2, 0.25) is 5.02 Å². The molecule has 21 heavy (non-hydrogen) atoms. The van der Waals surface area contributed by atoms with Gasteiger partial charge in [0.25, 0.3) is 0 Å². The van der Waals surface area contributed by atoms with Crippen molar-refractivity contribution in [2.75, 3.05) is 14.2 Å². The third-order valence-corrected chi connectivity index (χ3v) is 2.85. The van der Waals surface area contributed by atoms with Crippen LogP contribution in [0.5, 0.6) is 0 Å². The van der Waals surface area contributed by atoms with Crippen molar-refractivity contribution in [2.24, 2.45) is 0 Å². The van der Waals surface area contributed by atoms with Crippen LogP contribution in [-0.2, 0) is 9.47 Å². The molecule has 1 heterocycles. The molecule has 0 saturated carbocycles. The second-order valence-corrected chi connectivity index (χ2v) is 4.22. The summed E-state index contributed by atoms with van der Waals surface area (Å²) in [6.07, 6.45) is 0. The molecule has 0 bridgehead atoms.